The molecule has 2 rings (SSSR count). The molecular weight excluding hydrogens is 332 g/mol. The fraction of sp³-hybridized carbons (Fsp3) is 0.611. The first kappa shape index (κ1) is 18.5. The van der Waals surface area contributed by atoms with E-state index in [2.05, 4.69) is 0 Å². The van der Waals surface area contributed by atoms with Gasteiger partial charge >= 0.3 is 0 Å². The highest BCUT2D eigenvalue weighted by molar-refractivity contribution is 7.91. The zero-order valence-corrected chi connectivity index (χ0v) is 15.4. The number of hydrogen-bond acceptors (Lipinski definition) is 3. The van der Waals surface area contributed by atoms with Crippen molar-refractivity contribution in [3.8, 4) is 0 Å². The first-order chi connectivity index (χ1) is 10.8. The van der Waals surface area contributed by atoms with Crippen LogP contribution in [0.4, 0.5) is 0 Å². The molecule has 0 atom stereocenters. The van der Waals surface area contributed by atoms with E-state index in [1.165, 1.54) is 0 Å². The van der Waals surface area contributed by atoms with Crippen LogP contribution >= 0.6 is 11.6 Å². The molecule has 128 valence electrons. The molecule has 0 spiro atoms. The summed E-state index contributed by atoms with van der Waals surface area (Å²) in [6.45, 7) is 3.46. The van der Waals surface area contributed by atoms with E-state index in [-0.39, 0.29) is 28.6 Å². The number of rotatable bonds is 6. The summed E-state index contributed by atoms with van der Waals surface area (Å²) in [6, 6.07) is 7.42. The van der Waals surface area contributed by atoms with Crippen LogP contribution in [-0.2, 0) is 21.1 Å². The molecule has 3 nitrogen and oxygen atoms in total. The molecule has 23 heavy (non-hydrogen) atoms. The van der Waals surface area contributed by atoms with Crippen molar-refractivity contribution in [2.24, 2.45) is 11.8 Å². The molecule has 0 amide bonds. The molecule has 0 aliphatic heterocycles. The van der Waals surface area contributed by atoms with Crippen LogP contribution in [0.25, 0.3) is 0 Å². The number of ketones is 1. The normalized spacial score (nSPS) is 22.3. The third-order valence-electron chi connectivity index (χ3n) is 4.76. The van der Waals surface area contributed by atoms with Crippen LogP contribution in [0.15, 0.2) is 24.3 Å². The highest BCUT2D eigenvalue weighted by Crippen LogP contribution is 2.31. The number of benzene rings is 1. The molecule has 1 saturated carbocycles. The number of Topliss-reactive ketones (excluding diaryl/α,β-unsaturated/α-hetero) is 1. The molecule has 0 radical (unpaired) electrons. The van der Waals surface area contributed by atoms with Gasteiger partial charge in [-0.2, -0.15) is 0 Å². The lowest BCUT2D eigenvalue weighted by atomic mass is 9.79. The van der Waals surface area contributed by atoms with Gasteiger partial charge in [-0.25, -0.2) is 8.42 Å². The van der Waals surface area contributed by atoms with Gasteiger partial charge < -0.3 is 0 Å². The van der Waals surface area contributed by atoms with Crippen molar-refractivity contribution in [3.05, 3.63) is 34.9 Å². The van der Waals surface area contributed by atoms with Gasteiger partial charge in [0, 0.05) is 17.4 Å². The van der Waals surface area contributed by atoms with Crippen molar-refractivity contribution in [2.75, 3.05) is 5.75 Å². The Hall–Kier alpha value is -0.870. The van der Waals surface area contributed by atoms with Crippen molar-refractivity contribution in [1.82, 2.24) is 0 Å². The van der Waals surface area contributed by atoms with Crippen LogP contribution in [0, 0.1) is 11.8 Å². The Morgan fingerprint density at radius 2 is 1.87 bits per heavy atom. The van der Waals surface area contributed by atoms with Crippen LogP contribution in [0.5, 0.6) is 0 Å². The second-order valence-electron chi connectivity index (χ2n) is 6.87. The Labute approximate surface area is 144 Å². The zero-order valence-electron chi connectivity index (χ0n) is 13.8. The molecule has 1 fully saturated rings. The Bertz CT molecular complexity index is 644. The maximum atomic E-state index is 12.4. The summed E-state index contributed by atoms with van der Waals surface area (Å²) in [4.78, 5) is 12.4. The molecule has 1 aliphatic rings. The predicted octanol–water partition coefficient (Wildman–Crippen LogP) is 4.08. The van der Waals surface area contributed by atoms with Crippen molar-refractivity contribution < 1.29 is 13.2 Å². The van der Waals surface area contributed by atoms with E-state index in [9.17, 15) is 13.2 Å². The lowest BCUT2D eigenvalue weighted by molar-refractivity contribution is -0.123. The fourth-order valence-electron chi connectivity index (χ4n) is 3.16. The van der Waals surface area contributed by atoms with Gasteiger partial charge in [-0.15, -0.1) is 0 Å². The van der Waals surface area contributed by atoms with Gasteiger partial charge in [0.25, 0.3) is 0 Å². The summed E-state index contributed by atoms with van der Waals surface area (Å²) in [6.07, 6.45) is 3.69. The van der Waals surface area contributed by atoms with E-state index in [1.54, 1.807) is 19.9 Å². The summed E-state index contributed by atoms with van der Waals surface area (Å²) in [5.74, 6) is 0.780. The van der Waals surface area contributed by atoms with E-state index in [1.807, 2.05) is 18.2 Å². The standard InChI is InChI=1S/C18H25ClO3S/c1-13(2)23(21,22)12-14-6-8-16(9-7-14)18(20)11-15-4-3-5-17(19)10-15/h3-5,10,13-14,16H,6-9,11-12H2,1-2H3. The minimum Gasteiger partial charge on any atom is -0.299 e. The van der Waals surface area contributed by atoms with Gasteiger partial charge in [0.1, 0.15) is 5.78 Å². The van der Waals surface area contributed by atoms with E-state index in [4.69, 9.17) is 11.6 Å². The average molecular weight is 357 g/mol. The van der Waals surface area contributed by atoms with Gasteiger partial charge in [0.05, 0.1) is 11.0 Å². The maximum Gasteiger partial charge on any atom is 0.152 e. The molecule has 0 N–H and O–H groups in total. The molecule has 0 saturated heterocycles. The van der Waals surface area contributed by atoms with Gasteiger partial charge in [0.2, 0.25) is 0 Å². The first-order valence-electron chi connectivity index (χ1n) is 8.26. The van der Waals surface area contributed by atoms with Crippen molar-refractivity contribution in [3.63, 3.8) is 0 Å². The van der Waals surface area contributed by atoms with Crippen molar-refractivity contribution in [2.45, 2.75) is 51.2 Å². The number of halogens is 1. The predicted molar refractivity (Wildman–Crippen MR) is 94.5 cm³/mol. The van der Waals surface area contributed by atoms with Gasteiger partial charge in [-0.1, -0.05) is 23.7 Å². The third kappa shape index (κ3) is 5.32. The molecule has 0 aromatic heterocycles. The molecule has 0 unspecified atom stereocenters. The maximum absolute atomic E-state index is 12.4. The minimum atomic E-state index is -2.99. The summed E-state index contributed by atoms with van der Waals surface area (Å²) in [5, 5.41) is 0.336. The zero-order chi connectivity index (χ0) is 17.0. The molecular formula is C18H25ClO3S. The molecule has 1 aromatic rings. The summed E-state index contributed by atoms with van der Waals surface area (Å²) >= 11 is 5.95. The topological polar surface area (TPSA) is 51.2 Å². The molecule has 1 aliphatic carbocycles. The largest absolute Gasteiger partial charge is 0.299 e. The van der Waals surface area contributed by atoms with E-state index in [0.29, 0.717) is 11.4 Å². The lowest BCUT2D eigenvalue weighted by Crippen LogP contribution is -2.29. The smallest absolute Gasteiger partial charge is 0.152 e. The molecule has 0 bridgehead atoms. The van der Waals surface area contributed by atoms with Crippen LogP contribution < -0.4 is 0 Å². The first-order valence-corrected chi connectivity index (χ1v) is 10.4. The van der Waals surface area contributed by atoms with E-state index in [0.717, 1.165) is 31.2 Å². The monoisotopic (exact) mass is 356 g/mol. The van der Waals surface area contributed by atoms with Crippen molar-refractivity contribution in [1.29, 1.82) is 0 Å². The lowest BCUT2D eigenvalue weighted by Gasteiger charge is -2.28. The van der Waals surface area contributed by atoms with Crippen LogP contribution in [-0.4, -0.2) is 25.2 Å². The summed E-state index contributed by atoms with van der Waals surface area (Å²) < 4.78 is 24.0. The summed E-state index contributed by atoms with van der Waals surface area (Å²) in [5.41, 5.74) is 0.951. The molecule has 0 heterocycles. The number of hydrogen-bond donors (Lipinski definition) is 0. The van der Waals surface area contributed by atoms with Crippen LogP contribution in [0.1, 0.15) is 45.1 Å². The minimum absolute atomic E-state index is 0.0620. The SMILES string of the molecule is CC(C)S(=O)(=O)CC1CCC(C(=O)Cc2cccc(Cl)c2)CC1. The van der Waals surface area contributed by atoms with E-state index < -0.39 is 9.84 Å². The molecule has 5 heteroatoms. The Balaban J connectivity index is 1.85. The van der Waals surface area contributed by atoms with Crippen LogP contribution in [0.3, 0.4) is 0 Å². The third-order valence-corrected chi connectivity index (χ3v) is 7.36. The van der Waals surface area contributed by atoms with Gasteiger partial charge in [-0.3, -0.25) is 4.79 Å². The Morgan fingerprint density at radius 1 is 1.22 bits per heavy atom. The Kier molecular flexibility index (Phi) is 6.26. The average Bonchev–Trinajstić information content (AvgIpc) is 2.47. The highest BCUT2D eigenvalue weighted by atomic mass is 35.5. The molecule has 1 aromatic carbocycles. The second kappa shape index (κ2) is 7.80. The van der Waals surface area contributed by atoms with E-state index >= 15 is 0 Å². The number of sulfone groups is 1. The highest BCUT2D eigenvalue weighted by Gasteiger charge is 2.29. The summed E-state index contributed by atoms with van der Waals surface area (Å²) in [7, 11) is -2.99. The number of carbonyl (C=O) groups is 1. The fourth-order valence-corrected chi connectivity index (χ4v) is 4.75. The second-order valence-corrected chi connectivity index (χ2v) is 9.91. The van der Waals surface area contributed by atoms with Gasteiger partial charge in [0.15, 0.2) is 9.84 Å². The van der Waals surface area contributed by atoms with Gasteiger partial charge in [-0.05, 0) is 63.1 Å². The Morgan fingerprint density at radius 3 is 2.43 bits per heavy atom. The number of carbonyl (C=O) groups excluding carboxylic acids is 1. The van der Waals surface area contributed by atoms with Crippen molar-refractivity contribution >= 4 is 27.2 Å². The van der Waals surface area contributed by atoms with Crippen LogP contribution in [0.2, 0.25) is 5.02 Å². The quantitative estimate of drug-likeness (QED) is 0.771.